The van der Waals surface area contributed by atoms with E-state index in [4.69, 9.17) is 0 Å². The van der Waals surface area contributed by atoms with Crippen LogP contribution in [-0.2, 0) is 17.6 Å². The first kappa shape index (κ1) is 11.2. The third-order valence-electron chi connectivity index (χ3n) is 2.23. The number of carbonyl (C=O) groups excluding carboxylic acids is 1. The summed E-state index contributed by atoms with van der Waals surface area (Å²) in [5, 5.41) is 2.77. The Morgan fingerprint density at radius 2 is 1.79 bits per heavy atom. The van der Waals surface area contributed by atoms with Crippen molar-refractivity contribution in [2.75, 3.05) is 5.32 Å². The summed E-state index contributed by atoms with van der Waals surface area (Å²) in [5.41, 5.74) is 3.31. The van der Waals surface area contributed by atoms with Crippen LogP contribution in [0, 0.1) is 0 Å². The van der Waals surface area contributed by atoms with Crippen LogP contribution >= 0.6 is 15.9 Å². The largest absolute Gasteiger partial charge is 0.328 e. The SMILES string of the molecule is CCc1cc(Br)cc(CC)c1NC=O. The van der Waals surface area contributed by atoms with E-state index in [1.54, 1.807) is 0 Å². The van der Waals surface area contributed by atoms with Gasteiger partial charge in [-0.1, -0.05) is 29.8 Å². The summed E-state index contributed by atoms with van der Waals surface area (Å²) < 4.78 is 1.07. The molecule has 0 fully saturated rings. The number of benzene rings is 1. The molecule has 0 aromatic heterocycles. The molecule has 1 rings (SSSR count). The molecule has 1 amide bonds. The maximum Gasteiger partial charge on any atom is 0.211 e. The second kappa shape index (κ2) is 5.15. The molecule has 76 valence electrons. The molecule has 14 heavy (non-hydrogen) atoms. The maximum atomic E-state index is 10.5. The number of nitrogens with one attached hydrogen (secondary N) is 1. The highest BCUT2D eigenvalue weighted by atomic mass is 79.9. The summed E-state index contributed by atoms with van der Waals surface area (Å²) >= 11 is 3.46. The van der Waals surface area contributed by atoms with Crippen LogP contribution in [0.5, 0.6) is 0 Å². The van der Waals surface area contributed by atoms with Gasteiger partial charge >= 0.3 is 0 Å². The Morgan fingerprint density at radius 1 is 1.29 bits per heavy atom. The van der Waals surface area contributed by atoms with Gasteiger partial charge < -0.3 is 5.32 Å². The monoisotopic (exact) mass is 255 g/mol. The minimum atomic E-state index is 0.738. The molecule has 0 aliphatic heterocycles. The molecule has 1 aromatic rings. The van der Waals surface area contributed by atoms with E-state index in [1.165, 1.54) is 11.1 Å². The number of halogens is 1. The molecule has 2 nitrogen and oxygen atoms in total. The minimum Gasteiger partial charge on any atom is -0.328 e. The Labute approximate surface area is 92.8 Å². The molecule has 0 radical (unpaired) electrons. The molecule has 1 aromatic carbocycles. The lowest BCUT2D eigenvalue weighted by Crippen LogP contribution is -2.02. The third-order valence-corrected chi connectivity index (χ3v) is 2.69. The predicted molar refractivity (Wildman–Crippen MR) is 62.6 cm³/mol. The van der Waals surface area contributed by atoms with E-state index in [9.17, 15) is 4.79 Å². The van der Waals surface area contributed by atoms with Crippen molar-refractivity contribution in [3.8, 4) is 0 Å². The average Bonchev–Trinajstić information content (AvgIpc) is 2.20. The van der Waals surface area contributed by atoms with Crippen LogP contribution in [0.15, 0.2) is 16.6 Å². The average molecular weight is 256 g/mol. The Bertz CT molecular complexity index is 311. The molecule has 0 aliphatic rings. The van der Waals surface area contributed by atoms with Crippen LogP contribution in [0.3, 0.4) is 0 Å². The van der Waals surface area contributed by atoms with Gasteiger partial charge in [0.25, 0.3) is 0 Å². The maximum absolute atomic E-state index is 10.5. The molecule has 0 unspecified atom stereocenters. The number of rotatable bonds is 4. The summed E-state index contributed by atoms with van der Waals surface area (Å²) in [4.78, 5) is 10.5. The van der Waals surface area contributed by atoms with Gasteiger partial charge in [-0.25, -0.2) is 0 Å². The van der Waals surface area contributed by atoms with Gasteiger partial charge in [0, 0.05) is 10.2 Å². The molecule has 0 atom stereocenters. The number of amides is 1. The van der Waals surface area contributed by atoms with Gasteiger partial charge in [0.05, 0.1) is 0 Å². The van der Waals surface area contributed by atoms with Crippen molar-refractivity contribution in [2.45, 2.75) is 26.7 Å². The zero-order valence-corrected chi connectivity index (χ0v) is 10.0. The van der Waals surface area contributed by atoms with Crippen molar-refractivity contribution in [1.29, 1.82) is 0 Å². The lowest BCUT2D eigenvalue weighted by Gasteiger charge is -2.12. The fourth-order valence-electron chi connectivity index (χ4n) is 1.53. The van der Waals surface area contributed by atoms with Gasteiger partial charge in [0.1, 0.15) is 0 Å². The van der Waals surface area contributed by atoms with E-state index in [0.717, 1.165) is 29.4 Å². The molecule has 1 N–H and O–H groups in total. The lowest BCUT2D eigenvalue weighted by atomic mass is 10.0. The van der Waals surface area contributed by atoms with E-state index < -0.39 is 0 Å². The standard InChI is InChI=1S/C11H14BrNO/c1-3-8-5-10(12)6-9(4-2)11(8)13-7-14/h5-7H,3-4H2,1-2H3,(H,13,14). The highest BCUT2D eigenvalue weighted by molar-refractivity contribution is 9.10. The van der Waals surface area contributed by atoms with Gasteiger partial charge in [0.15, 0.2) is 0 Å². The number of anilines is 1. The van der Waals surface area contributed by atoms with Crippen molar-refractivity contribution in [3.05, 3.63) is 27.7 Å². The van der Waals surface area contributed by atoms with Crippen LogP contribution in [0.1, 0.15) is 25.0 Å². The smallest absolute Gasteiger partial charge is 0.211 e. The van der Waals surface area contributed by atoms with Gasteiger partial charge in [-0.3, -0.25) is 4.79 Å². The molecule has 0 spiro atoms. The number of hydrogen-bond acceptors (Lipinski definition) is 1. The second-order valence-corrected chi connectivity index (χ2v) is 3.98. The third kappa shape index (κ3) is 2.35. The van der Waals surface area contributed by atoms with E-state index in [0.29, 0.717) is 0 Å². The second-order valence-electron chi connectivity index (χ2n) is 3.07. The Balaban J connectivity index is 3.24. The fraction of sp³-hybridized carbons (Fsp3) is 0.364. The molecular weight excluding hydrogens is 242 g/mol. The van der Waals surface area contributed by atoms with Crippen molar-refractivity contribution in [1.82, 2.24) is 0 Å². The lowest BCUT2D eigenvalue weighted by molar-refractivity contribution is -0.105. The number of carbonyl (C=O) groups is 1. The highest BCUT2D eigenvalue weighted by Crippen LogP contribution is 2.26. The van der Waals surface area contributed by atoms with E-state index in [-0.39, 0.29) is 0 Å². The molecule has 0 heterocycles. The van der Waals surface area contributed by atoms with Crippen LogP contribution < -0.4 is 5.32 Å². The Kier molecular flexibility index (Phi) is 4.14. The summed E-state index contributed by atoms with van der Waals surface area (Å²) in [6.07, 6.45) is 2.58. The molecule has 0 saturated carbocycles. The van der Waals surface area contributed by atoms with Crippen LogP contribution in [0.25, 0.3) is 0 Å². The van der Waals surface area contributed by atoms with Crippen molar-refractivity contribution >= 4 is 28.0 Å². The van der Waals surface area contributed by atoms with Gasteiger partial charge in [-0.05, 0) is 36.1 Å². The zero-order valence-electron chi connectivity index (χ0n) is 8.43. The van der Waals surface area contributed by atoms with E-state index >= 15 is 0 Å². The zero-order chi connectivity index (χ0) is 10.6. The summed E-state index contributed by atoms with van der Waals surface area (Å²) in [6, 6.07) is 4.09. The first-order valence-electron chi connectivity index (χ1n) is 4.74. The summed E-state index contributed by atoms with van der Waals surface area (Å²) in [6.45, 7) is 4.16. The van der Waals surface area contributed by atoms with Crippen LogP contribution in [0.2, 0.25) is 0 Å². The summed E-state index contributed by atoms with van der Waals surface area (Å²) in [5.74, 6) is 0. The molecule has 0 aliphatic carbocycles. The van der Waals surface area contributed by atoms with Gasteiger partial charge in [-0.15, -0.1) is 0 Å². The quantitative estimate of drug-likeness (QED) is 0.824. The van der Waals surface area contributed by atoms with Crippen molar-refractivity contribution in [3.63, 3.8) is 0 Å². The Hall–Kier alpha value is -0.830. The van der Waals surface area contributed by atoms with Crippen molar-refractivity contribution < 1.29 is 4.79 Å². The van der Waals surface area contributed by atoms with Crippen molar-refractivity contribution in [2.24, 2.45) is 0 Å². The highest BCUT2D eigenvalue weighted by Gasteiger charge is 2.06. The molecule has 0 saturated heterocycles. The van der Waals surface area contributed by atoms with E-state index in [1.807, 2.05) is 12.1 Å². The molecule has 0 bridgehead atoms. The Morgan fingerprint density at radius 3 is 2.14 bits per heavy atom. The molecule has 3 heteroatoms. The predicted octanol–water partition coefficient (Wildman–Crippen LogP) is 3.14. The normalized spacial score (nSPS) is 9.93. The van der Waals surface area contributed by atoms with Gasteiger partial charge in [0.2, 0.25) is 6.41 Å². The summed E-state index contributed by atoms with van der Waals surface area (Å²) in [7, 11) is 0. The van der Waals surface area contributed by atoms with E-state index in [2.05, 4.69) is 35.1 Å². The first-order chi connectivity index (χ1) is 6.72. The number of aryl methyl sites for hydroxylation is 2. The van der Waals surface area contributed by atoms with Crippen LogP contribution in [-0.4, -0.2) is 6.41 Å². The fourth-order valence-corrected chi connectivity index (χ4v) is 2.08. The topological polar surface area (TPSA) is 29.1 Å². The minimum absolute atomic E-state index is 0.738. The number of hydrogen-bond donors (Lipinski definition) is 1. The van der Waals surface area contributed by atoms with Gasteiger partial charge in [-0.2, -0.15) is 0 Å². The molecular formula is C11H14BrNO. The first-order valence-corrected chi connectivity index (χ1v) is 5.53. The van der Waals surface area contributed by atoms with Crippen LogP contribution in [0.4, 0.5) is 5.69 Å².